The van der Waals surface area contributed by atoms with E-state index in [1.54, 1.807) is 34.6 Å². The molecule has 1 atom stereocenters. The van der Waals surface area contributed by atoms with Crippen LogP contribution in [-0.2, 0) is 4.79 Å². The van der Waals surface area contributed by atoms with Crippen molar-refractivity contribution in [3.8, 4) is 5.75 Å². The molecule has 2 heterocycles. The molecule has 0 unspecified atom stereocenters. The Morgan fingerprint density at radius 2 is 2.32 bits per heavy atom. The number of aromatic nitrogens is 1. The van der Waals surface area contributed by atoms with E-state index in [0.29, 0.717) is 12.5 Å². The first-order chi connectivity index (χ1) is 10.7. The molecule has 0 N–H and O–H groups in total. The van der Waals surface area contributed by atoms with E-state index in [9.17, 15) is 9.18 Å². The van der Waals surface area contributed by atoms with Crippen molar-refractivity contribution in [3.05, 3.63) is 46.7 Å². The molecule has 0 saturated carbocycles. The van der Waals surface area contributed by atoms with E-state index >= 15 is 0 Å². The van der Waals surface area contributed by atoms with Gasteiger partial charge in [0.1, 0.15) is 0 Å². The molecular weight excluding hydrogens is 303 g/mol. The highest BCUT2D eigenvalue weighted by Gasteiger charge is 2.26. The summed E-state index contributed by atoms with van der Waals surface area (Å²) in [7, 11) is 0. The van der Waals surface area contributed by atoms with Crippen molar-refractivity contribution in [1.29, 1.82) is 0 Å². The molecule has 22 heavy (non-hydrogen) atoms. The molecule has 2 aromatic rings. The quantitative estimate of drug-likeness (QED) is 0.869. The predicted octanol–water partition coefficient (Wildman–Crippen LogP) is 3.07. The summed E-state index contributed by atoms with van der Waals surface area (Å²) in [5.74, 6) is -0.144. The highest BCUT2D eigenvalue weighted by Crippen LogP contribution is 2.28. The Morgan fingerprint density at radius 1 is 1.45 bits per heavy atom. The standard InChI is InChI=1S/C16H17FN2O2S/c17-13-5-1-2-6-14(13)21-11-15(20)19-8-3-4-12(10-19)16-18-7-9-22-16/h1-2,5-7,9,12H,3-4,8,10-11H2/t12-/m1/s1. The molecule has 116 valence electrons. The highest BCUT2D eigenvalue weighted by molar-refractivity contribution is 7.09. The Bertz CT molecular complexity index is 633. The van der Waals surface area contributed by atoms with Crippen molar-refractivity contribution >= 4 is 17.2 Å². The Hall–Kier alpha value is -1.95. The van der Waals surface area contributed by atoms with Crippen LogP contribution in [-0.4, -0.2) is 35.5 Å². The average Bonchev–Trinajstić information content (AvgIpc) is 3.08. The van der Waals surface area contributed by atoms with Gasteiger partial charge in [0.2, 0.25) is 0 Å². The summed E-state index contributed by atoms with van der Waals surface area (Å²) in [4.78, 5) is 18.4. The van der Waals surface area contributed by atoms with Gasteiger partial charge in [-0.15, -0.1) is 11.3 Å². The maximum absolute atomic E-state index is 13.5. The van der Waals surface area contributed by atoms with Gasteiger partial charge in [-0.25, -0.2) is 9.37 Å². The van der Waals surface area contributed by atoms with Crippen LogP contribution < -0.4 is 4.74 Å². The fourth-order valence-electron chi connectivity index (χ4n) is 2.63. The highest BCUT2D eigenvalue weighted by atomic mass is 32.1. The van der Waals surface area contributed by atoms with E-state index < -0.39 is 5.82 Å². The minimum absolute atomic E-state index is 0.107. The number of halogens is 1. The number of nitrogens with zero attached hydrogens (tertiary/aromatic N) is 2. The summed E-state index contributed by atoms with van der Waals surface area (Å²) in [5.41, 5.74) is 0. The van der Waals surface area contributed by atoms with Gasteiger partial charge in [0.05, 0.1) is 5.01 Å². The molecule has 1 saturated heterocycles. The first kappa shape index (κ1) is 15.0. The van der Waals surface area contributed by atoms with Crippen LogP contribution in [0.25, 0.3) is 0 Å². The zero-order valence-electron chi connectivity index (χ0n) is 12.1. The molecule has 0 radical (unpaired) electrons. The molecular formula is C16H17FN2O2S. The Balaban J connectivity index is 1.57. The van der Waals surface area contributed by atoms with Gasteiger partial charge in [0, 0.05) is 30.6 Å². The van der Waals surface area contributed by atoms with Crippen LogP contribution in [0.2, 0.25) is 0 Å². The smallest absolute Gasteiger partial charge is 0.260 e. The van der Waals surface area contributed by atoms with Crippen molar-refractivity contribution in [3.63, 3.8) is 0 Å². The van der Waals surface area contributed by atoms with Crippen molar-refractivity contribution in [2.45, 2.75) is 18.8 Å². The summed E-state index contributed by atoms with van der Waals surface area (Å²) in [5, 5.41) is 3.03. The van der Waals surface area contributed by atoms with Gasteiger partial charge < -0.3 is 9.64 Å². The molecule has 1 fully saturated rings. The van der Waals surface area contributed by atoms with Crippen LogP contribution in [0.1, 0.15) is 23.8 Å². The van der Waals surface area contributed by atoms with Gasteiger partial charge in [-0.2, -0.15) is 0 Å². The van der Waals surface area contributed by atoms with Crippen LogP contribution in [0, 0.1) is 5.82 Å². The fraction of sp³-hybridized carbons (Fsp3) is 0.375. The number of amides is 1. The first-order valence-corrected chi connectivity index (χ1v) is 8.16. The number of hydrogen-bond donors (Lipinski definition) is 0. The van der Waals surface area contributed by atoms with E-state index in [4.69, 9.17) is 4.74 Å². The molecule has 0 aliphatic carbocycles. The SMILES string of the molecule is O=C(COc1ccccc1F)N1CCC[C@@H](c2nccs2)C1. The van der Waals surface area contributed by atoms with Gasteiger partial charge in [-0.3, -0.25) is 4.79 Å². The van der Waals surface area contributed by atoms with Gasteiger partial charge >= 0.3 is 0 Å². The molecule has 3 rings (SSSR count). The average molecular weight is 320 g/mol. The normalized spacial score (nSPS) is 18.2. The Kier molecular flexibility index (Phi) is 4.68. The maximum Gasteiger partial charge on any atom is 0.260 e. The lowest BCUT2D eigenvalue weighted by Crippen LogP contribution is -2.41. The van der Waals surface area contributed by atoms with Crippen LogP contribution in [0.3, 0.4) is 0 Å². The van der Waals surface area contributed by atoms with Gasteiger partial charge in [-0.05, 0) is 25.0 Å². The number of thiazole rings is 1. The summed E-state index contributed by atoms with van der Waals surface area (Å²) in [6.45, 7) is 1.25. The third-order valence-corrected chi connectivity index (χ3v) is 4.70. The Labute approximate surface area is 132 Å². The number of rotatable bonds is 4. The van der Waals surface area contributed by atoms with Crippen molar-refractivity contribution in [2.24, 2.45) is 0 Å². The van der Waals surface area contributed by atoms with Crippen LogP contribution in [0.5, 0.6) is 5.75 Å². The van der Waals surface area contributed by atoms with E-state index in [-0.39, 0.29) is 18.3 Å². The minimum Gasteiger partial charge on any atom is -0.481 e. The van der Waals surface area contributed by atoms with Crippen molar-refractivity contribution in [1.82, 2.24) is 9.88 Å². The Morgan fingerprint density at radius 3 is 3.09 bits per heavy atom. The van der Waals surface area contributed by atoms with Crippen molar-refractivity contribution < 1.29 is 13.9 Å². The van der Waals surface area contributed by atoms with Gasteiger partial charge in [-0.1, -0.05) is 12.1 Å². The van der Waals surface area contributed by atoms with Gasteiger partial charge in [0.25, 0.3) is 5.91 Å². The lowest BCUT2D eigenvalue weighted by molar-refractivity contribution is -0.134. The molecule has 1 aliphatic rings. The number of ether oxygens (including phenoxy) is 1. The number of piperidine rings is 1. The second kappa shape index (κ2) is 6.87. The van der Waals surface area contributed by atoms with E-state index in [2.05, 4.69) is 4.98 Å². The molecule has 0 spiro atoms. The largest absolute Gasteiger partial charge is 0.481 e. The molecule has 1 aromatic heterocycles. The zero-order chi connectivity index (χ0) is 15.4. The monoisotopic (exact) mass is 320 g/mol. The summed E-state index contributed by atoms with van der Waals surface area (Å²) in [6, 6.07) is 6.12. The third kappa shape index (κ3) is 3.44. The minimum atomic E-state index is -0.449. The molecule has 4 nitrogen and oxygen atoms in total. The third-order valence-electron chi connectivity index (χ3n) is 3.76. The number of likely N-dealkylation sites (tertiary alicyclic amines) is 1. The predicted molar refractivity (Wildman–Crippen MR) is 82.6 cm³/mol. The number of para-hydroxylation sites is 1. The number of hydrogen-bond acceptors (Lipinski definition) is 4. The van der Waals surface area contributed by atoms with Crippen molar-refractivity contribution in [2.75, 3.05) is 19.7 Å². The van der Waals surface area contributed by atoms with Crippen LogP contribution in [0.4, 0.5) is 4.39 Å². The molecule has 6 heteroatoms. The number of benzene rings is 1. The second-order valence-corrected chi connectivity index (χ2v) is 6.19. The first-order valence-electron chi connectivity index (χ1n) is 7.28. The van der Waals surface area contributed by atoms with E-state index in [0.717, 1.165) is 24.4 Å². The molecule has 1 aromatic carbocycles. The lowest BCUT2D eigenvalue weighted by atomic mass is 9.99. The maximum atomic E-state index is 13.5. The number of carbonyl (C=O) groups excluding carboxylic acids is 1. The summed E-state index contributed by atoms with van der Waals surface area (Å²) < 4.78 is 18.8. The topological polar surface area (TPSA) is 42.4 Å². The fourth-order valence-corrected chi connectivity index (χ4v) is 3.40. The zero-order valence-corrected chi connectivity index (χ0v) is 12.9. The summed E-state index contributed by atoms with van der Waals surface area (Å²) in [6.07, 6.45) is 3.79. The van der Waals surface area contributed by atoms with E-state index in [1.807, 2.05) is 5.38 Å². The molecule has 0 bridgehead atoms. The molecule has 1 amide bonds. The lowest BCUT2D eigenvalue weighted by Gasteiger charge is -2.31. The van der Waals surface area contributed by atoms with Crippen LogP contribution >= 0.6 is 11.3 Å². The van der Waals surface area contributed by atoms with Crippen LogP contribution in [0.15, 0.2) is 35.8 Å². The van der Waals surface area contributed by atoms with E-state index in [1.165, 1.54) is 12.1 Å². The summed E-state index contributed by atoms with van der Waals surface area (Å²) >= 11 is 1.63. The second-order valence-electron chi connectivity index (χ2n) is 5.27. The van der Waals surface area contributed by atoms with Gasteiger partial charge in [0.15, 0.2) is 18.2 Å². The number of carbonyl (C=O) groups is 1. The molecule has 1 aliphatic heterocycles.